The lowest BCUT2D eigenvalue weighted by atomic mass is 10.0. The molecule has 2 N–H and O–H groups in total. The Kier molecular flexibility index (Phi) is 2.71. The highest BCUT2D eigenvalue weighted by atomic mass is 32.1. The predicted octanol–water partition coefficient (Wildman–Crippen LogP) is 3.54. The fourth-order valence-corrected chi connectivity index (χ4v) is 3.09. The highest BCUT2D eigenvalue weighted by Gasteiger charge is 2.16. The van der Waals surface area contributed by atoms with Crippen LogP contribution in [0.2, 0.25) is 0 Å². The number of hydrogen-bond acceptors (Lipinski definition) is 2. The topological polar surface area (TPSA) is 27.8 Å². The Morgan fingerprint density at radius 3 is 2.82 bits per heavy atom. The highest BCUT2D eigenvalue weighted by molar-refractivity contribution is 7.10. The van der Waals surface area contributed by atoms with Crippen LogP contribution < -0.4 is 5.32 Å². The molecule has 0 radical (unpaired) electrons. The smallest absolute Gasteiger partial charge is 0.0689 e. The number of aromatic nitrogens is 1. The normalized spacial score (nSPS) is 13.0. The molecule has 1 atom stereocenters. The van der Waals surface area contributed by atoms with Gasteiger partial charge in [-0.3, -0.25) is 0 Å². The second kappa shape index (κ2) is 4.35. The second-order valence-corrected chi connectivity index (χ2v) is 5.01. The molecule has 0 amide bonds. The molecule has 2 nitrogen and oxygen atoms in total. The van der Waals surface area contributed by atoms with Crippen LogP contribution in [0, 0.1) is 0 Å². The van der Waals surface area contributed by atoms with Crippen LogP contribution in [0.4, 0.5) is 0 Å². The Morgan fingerprint density at radius 2 is 2.06 bits per heavy atom. The van der Waals surface area contributed by atoms with Crippen molar-refractivity contribution in [3.63, 3.8) is 0 Å². The van der Waals surface area contributed by atoms with Crippen LogP contribution in [0.5, 0.6) is 0 Å². The summed E-state index contributed by atoms with van der Waals surface area (Å²) in [6.07, 6.45) is 2.10. The molecule has 3 heteroatoms. The lowest BCUT2D eigenvalue weighted by Gasteiger charge is -2.13. The summed E-state index contributed by atoms with van der Waals surface area (Å²) in [6, 6.07) is 13.0. The summed E-state index contributed by atoms with van der Waals surface area (Å²) >= 11 is 1.79. The molecule has 1 unspecified atom stereocenters. The molecule has 3 rings (SSSR count). The van der Waals surface area contributed by atoms with E-state index in [4.69, 9.17) is 0 Å². The van der Waals surface area contributed by atoms with E-state index >= 15 is 0 Å². The summed E-state index contributed by atoms with van der Waals surface area (Å²) in [5.74, 6) is 0. The Hall–Kier alpha value is -1.58. The molecule has 0 aliphatic carbocycles. The van der Waals surface area contributed by atoms with Gasteiger partial charge in [0, 0.05) is 22.0 Å². The summed E-state index contributed by atoms with van der Waals surface area (Å²) in [5.41, 5.74) is 2.50. The van der Waals surface area contributed by atoms with Gasteiger partial charge in [-0.2, -0.15) is 0 Å². The van der Waals surface area contributed by atoms with E-state index in [2.05, 4.69) is 58.3 Å². The average Bonchev–Trinajstić information content (AvgIpc) is 3.01. The third kappa shape index (κ3) is 1.77. The Labute approximate surface area is 104 Å². The van der Waals surface area contributed by atoms with Crippen molar-refractivity contribution in [2.75, 3.05) is 7.05 Å². The van der Waals surface area contributed by atoms with Crippen molar-refractivity contribution in [3.8, 4) is 0 Å². The Balaban J connectivity index is 2.13. The van der Waals surface area contributed by atoms with Crippen molar-refractivity contribution >= 4 is 22.2 Å². The van der Waals surface area contributed by atoms with Gasteiger partial charge in [0.2, 0.25) is 0 Å². The summed E-state index contributed by atoms with van der Waals surface area (Å²) in [6.45, 7) is 0. The van der Waals surface area contributed by atoms with Gasteiger partial charge < -0.3 is 10.3 Å². The molecular formula is C14H14N2S. The van der Waals surface area contributed by atoms with E-state index < -0.39 is 0 Å². The van der Waals surface area contributed by atoms with Crippen molar-refractivity contribution in [2.24, 2.45) is 0 Å². The van der Waals surface area contributed by atoms with E-state index in [1.807, 2.05) is 7.05 Å². The maximum atomic E-state index is 3.39. The van der Waals surface area contributed by atoms with Crippen LogP contribution in [0.3, 0.4) is 0 Å². The third-order valence-electron chi connectivity index (χ3n) is 3.05. The van der Waals surface area contributed by atoms with E-state index in [1.165, 1.54) is 21.3 Å². The number of aromatic amines is 1. The van der Waals surface area contributed by atoms with Crippen LogP contribution in [-0.2, 0) is 0 Å². The zero-order valence-corrected chi connectivity index (χ0v) is 10.4. The fourth-order valence-electron chi connectivity index (χ4n) is 2.24. The van der Waals surface area contributed by atoms with Gasteiger partial charge in [-0.25, -0.2) is 0 Å². The minimum atomic E-state index is 0.270. The Bertz CT molecular complexity index is 610. The molecule has 0 spiro atoms. The largest absolute Gasteiger partial charge is 0.361 e. The molecule has 0 bridgehead atoms. The van der Waals surface area contributed by atoms with E-state index in [0.717, 1.165) is 0 Å². The van der Waals surface area contributed by atoms with Crippen LogP contribution in [0.1, 0.15) is 16.5 Å². The molecule has 0 aliphatic rings. The quantitative estimate of drug-likeness (QED) is 0.722. The first-order valence-electron chi connectivity index (χ1n) is 5.67. The van der Waals surface area contributed by atoms with Gasteiger partial charge in [-0.1, -0.05) is 24.3 Å². The molecule has 0 saturated heterocycles. The summed E-state index contributed by atoms with van der Waals surface area (Å²) in [4.78, 5) is 4.67. The van der Waals surface area contributed by atoms with Gasteiger partial charge in [0.1, 0.15) is 0 Å². The van der Waals surface area contributed by atoms with Gasteiger partial charge >= 0.3 is 0 Å². The van der Waals surface area contributed by atoms with Crippen LogP contribution in [-0.4, -0.2) is 12.0 Å². The minimum absolute atomic E-state index is 0.270. The SMILES string of the molecule is CNC(c1cccs1)c1c[nH]c2ccccc12. The first-order chi connectivity index (χ1) is 8.40. The van der Waals surface area contributed by atoms with Gasteiger partial charge in [0.05, 0.1) is 6.04 Å². The number of thiophene rings is 1. The molecule has 2 heterocycles. The van der Waals surface area contributed by atoms with Crippen LogP contribution in [0.25, 0.3) is 10.9 Å². The van der Waals surface area contributed by atoms with Crippen molar-refractivity contribution < 1.29 is 0 Å². The van der Waals surface area contributed by atoms with Gasteiger partial charge in [0.25, 0.3) is 0 Å². The maximum Gasteiger partial charge on any atom is 0.0689 e. The number of fused-ring (bicyclic) bond motifs is 1. The standard InChI is InChI=1S/C14H14N2S/c1-15-14(13-7-4-8-17-13)11-9-16-12-6-3-2-5-10(11)12/h2-9,14-16H,1H3. The molecule has 0 fully saturated rings. The first kappa shape index (κ1) is 10.6. The minimum Gasteiger partial charge on any atom is -0.361 e. The maximum absolute atomic E-state index is 3.39. The van der Waals surface area contributed by atoms with Crippen molar-refractivity contribution in [1.82, 2.24) is 10.3 Å². The Morgan fingerprint density at radius 1 is 1.18 bits per heavy atom. The van der Waals surface area contributed by atoms with E-state index in [0.29, 0.717) is 0 Å². The zero-order valence-electron chi connectivity index (χ0n) is 9.60. The number of hydrogen-bond donors (Lipinski definition) is 2. The highest BCUT2D eigenvalue weighted by Crippen LogP contribution is 2.30. The molecule has 1 aromatic carbocycles. The van der Waals surface area contributed by atoms with Crippen LogP contribution >= 0.6 is 11.3 Å². The number of benzene rings is 1. The summed E-state index contributed by atoms with van der Waals surface area (Å²) in [7, 11) is 2.01. The number of para-hydroxylation sites is 1. The summed E-state index contributed by atoms with van der Waals surface area (Å²) in [5, 5.41) is 6.80. The molecule has 0 saturated carbocycles. The monoisotopic (exact) mass is 242 g/mol. The fraction of sp³-hybridized carbons (Fsp3) is 0.143. The van der Waals surface area contributed by atoms with E-state index in [-0.39, 0.29) is 6.04 Å². The van der Waals surface area contributed by atoms with E-state index in [9.17, 15) is 0 Å². The molecule has 3 aromatic rings. The molecule has 2 aromatic heterocycles. The zero-order chi connectivity index (χ0) is 11.7. The predicted molar refractivity (Wildman–Crippen MR) is 73.5 cm³/mol. The average molecular weight is 242 g/mol. The van der Waals surface area contributed by atoms with Crippen molar-refractivity contribution in [1.29, 1.82) is 0 Å². The lowest BCUT2D eigenvalue weighted by molar-refractivity contribution is 0.709. The van der Waals surface area contributed by atoms with Gasteiger partial charge in [-0.15, -0.1) is 11.3 Å². The first-order valence-corrected chi connectivity index (χ1v) is 6.55. The number of nitrogens with one attached hydrogen (secondary N) is 2. The van der Waals surface area contributed by atoms with Gasteiger partial charge in [0.15, 0.2) is 0 Å². The third-order valence-corrected chi connectivity index (χ3v) is 3.99. The second-order valence-electron chi connectivity index (χ2n) is 4.03. The molecular weight excluding hydrogens is 228 g/mol. The lowest BCUT2D eigenvalue weighted by Crippen LogP contribution is -2.15. The number of H-pyrrole nitrogens is 1. The number of rotatable bonds is 3. The molecule has 0 aliphatic heterocycles. The molecule has 17 heavy (non-hydrogen) atoms. The summed E-state index contributed by atoms with van der Waals surface area (Å²) < 4.78 is 0. The van der Waals surface area contributed by atoms with Gasteiger partial charge in [-0.05, 0) is 30.1 Å². The van der Waals surface area contributed by atoms with Crippen molar-refractivity contribution in [3.05, 3.63) is 58.4 Å². The van der Waals surface area contributed by atoms with E-state index in [1.54, 1.807) is 11.3 Å². The van der Waals surface area contributed by atoms with Crippen LogP contribution in [0.15, 0.2) is 48.0 Å². The molecule has 86 valence electrons. The van der Waals surface area contributed by atoms with Crippen molar-refractivity contribution in [2.45, 2.75) is 6.04 Å².